The number of quaternary nitrogens is 1. The lowest BCUT2D eigenvalue weighted by atomic mass is 10.0. The lowest BCUT2D eigenvalue weighted by Gasteiger charge is -2.26. The molecule has 0 aromatic heterocycles. The van der Waals surface area contributed by atoms with Crippen LogP contribution < -0.4 is 5.11 Å². The number of aliphatic carboxylic acids is 1. The first-order valence-electron chi connectivity index (χ1n) is 34.4. The van der Waals surface area contributed by atoms with Gasteiger partial charge in [-0.15, -0.1) is 0 Å². The number of allylic oxidation sites excluding steroid dienone is 10. The van der Waals surface area contributed by atoms with Gasteiger partial charge in [-0.25, -0.2) is 0 Å². The standard InChI is InChI=1S/C72H131NO8/c1-6-8-10-12-14-16-18-20-22-23-24-25-26-27-28-29-30-31-32-33-34-35-36-37-38-39-40-41-42-43-44-45-46-47-49-50-52-54-56-58-60-62-69(74)79-66-68(67-80-72(71(76)77)78-65-64-73(3,4)5)81-70(75)63-61-59-57-55-53-51-48-21-19-17-15-13-11-9-7-2/h9,11,15,17-18,20-21,23-24,48,68,72H,6-8,10,12-14,16,19,22,25-47,49-67H2,1-5H3/b11-9-,17-15-,20-18-,24-23-,48-21-. The summed E-state index contributed by atoms with van der Waals surface area (Å²) in [5.74, 6) is -2.29. The molecule has 0 spiro atoms. The molecule has 0 bridgehead atoms. The van der Waals surface area contributed by atoms with E-state index in [0.717, 1.165) is 77.0 Å². The van der Waals surface area contributed by atoms with Crippen molar-refractivity contribution in [3.05, 3.63) is 60.8 Å². The molecule has 9 heteroatoms. The molecule has 0 aromatic rings. The van der Waals surface area contributed by atoms with E-state index in [4.69, 9.17) is 18.9 Å². The number of likely N-dealkylation sites (N-methyl/N-ethyl adjacent to an activating group) is 1. The third-order valence-electron chi connectivity index (χ3n) is 15.2. The van der Waals surface area contributed by atoms with Crippen LogP contribution in [0.15, 0.2) is 60.8 Å². The Labute approximate surface area is 501 Å². The van der Waals surface area contributed by atoms with Gasteiger partial charge >= 0.3 is 11.9 Å². The SMILES string of the molecule is CC/C=C\C/C=C\C/C=C\CCCCCCCC(=O)OC(COC(=O)CCCCCCCCCCCCCCCCCCCCCCCCCCCCCCC/C=C\C/C=C\CCCCCCC)COC(OCC[N+](C)(C)C)C(=O)[O-]. The van der Waals surface area contributed by atoms with Crippen molar-refractivity contribution in [1.29, 1.82) is 0 Å². The third-order valence-corrected chi connectivity index (χ3v) is 15.2. The number of ether oxygens (including phenoxy) is 4. The zero-order valence-corrected chi connectivity index (χ0v) is 53.9. The molecule has 0 N–H and O–H groups in total. The number of nitrogens with zero attached hydrogens (tertiary/aromatic N) is 1. The largest absolute Gasteiger partial charge is 0.545 e. The summed E-state index contributed by atoms with van der Waals surface area (Å²) in [5, 5.41) is 11.8. The Bertz CT molecular complexity index is 1510. The maximum Gasteiger partial charge on any atom is 0.306 e. The Kier molecular flexibility index (Phi) is 60.7. The van der Waals surface area contributed by atoms with Crippen molar-refractivity contribution in [1.82, 2.24) is 0 Å². The first-order valence-corrected chi connectivity index (χ1v) is 34.4. The van der Waals surface area contributed by atoms with Gasteiger partial charge in [0, 0.05) is 12.8 Å². The van der Waals surface area contributed by atoms with E-state index in [9.17, 15) is 19.5 Å². The first-order chi connectivity index (χ1) is 39.6. The van der Waals surface area contributed by atoms with Gasteiger partial charge in [0.15, 0.2) is 12.4 Å². The Morgan fingerprint density at radius 3 is 1.05 bits per heavy atom. The number of esters is 2. The second-order valence-corrected chi connectivity index (χ2v) is 24.4. The fraction of sp³-hybridized carbons (Fsp3) is 0.819. The summed E-state index contributed by atoms with van der Waals surface area (Å²) in [6, 6.07) is 0. The van der Waals surface area contributed by atoms with Crippen molar-refractivity contribution in [2.75, 3.05) is 47.5 Å². The summed E-state index contributed by atoms with van der Waals surface area (Å²) in [5.41, 5.74) is 0. The molecule has 0 aliphatic heterocycles. The van der Waals surface area contributed by atoms with Crippen LogP contribution in [-0.2, 0) is 33.3 Å². The third kappa shape index (κ3) is 64.4. The van der Waals surface area contributed by atoms with Crippen LogP contribution in [0, 0.1) is 0 Å². The van der Waals surface area contributed by atoms with Gasteiger partial charge in [-0.05, 0) is 77.0 Å². The van der Waals surface area contributed by atoms with Gasteiger partial charge in [-0.2, -0.15) is 0 Å². The summed E-state index contributed by atoms with van der Waals surface area (Å²) in [6.45, 7) is 4.63. The minimum Gasteiger partial charge on any atom is -0.545 e. The fourth-order valence-electron chi connectivity index (χ4n) is 10.00. The van der Waals surface area contributed by atoms with Gasteiger partial charge in [0.2, 0.25) is 0 Å². The van der Waals surface area contributed by atoms with E-state index < -0.39 is 24.3 Å². The normalized spacial score (nSPS) is 13.0. The average Bonchev–Trinajstić information content (AvgIpc) is 3.44. The van der Waals surface area contributed by atoms with Crippen molar-refractivity contribution in [2.24, 2.45) is 0 Å². The van der Waals surface area contributed by atoms with Crippen LogP contribution >= 0.6 is 0 Å². The Morgan fingerprint density at radius 2 is 0.704 bits per heavy atom. The molecule has 0 aliphatic carbocycles. The van der Waals surface area contributed by atoms with Crippen LogP contribution in [0.3, 0.4) is 0 Å². The molecule has 0 heterocycles. The summed E-state index contributed by atoms with van der Waals surface area (Å²) in [7, 11) is 5.92. The summed E-state index contributed by atoms with van der Waals surface area (Å²) >= 11 is 0. The zero-order chi connectivity index (χ0) is 59.1. The molecule has 0 aromatic carbocycles. The Morgan fingerprint density at radius 1 is 0.383 bits per heavy atom. The number of carbonyl (C=O) groups excluding carboxylic acids is 3. The van der Waals surface area contributed by atoms with Crippen LogP contribution in [0.25, 0.3) is 0 Å². The minimum absolute atomic E-state index is 0.144. The fourth-order valence-corrected chi connectivity index (χ4v) is 10.00. The molecule has 0 rings (SSSR count). The molecule has 2 atom stereocenters. The van der Waals surface area contributed by atoms with Gasteiger partial charge in [-0.1, -0.05) is 293 Å². The maximum atomic E-state index is 12.8. The summed E-state index contributed by atoms with van der Waals surface area (Å²) < 4.78 is 22.7. The molecule has 0 aliphatic rings. The lowest BCUT2D eigenvalue weighted by molar-refractivity contribution is -0.870. The van der Waals surface area contributed by atoms with Gasteiger partial charge in [0.1, 0.15) is 13.2 Å². The van der Waals surface area contributed by atoms with E-state index in [2.05, 4.69) is 74.6 Å². The summed E-state index contributed by atoms with van der Waals surface area (Å²) in [6.07, 6.45) is 79.1. The number of carboxylic acids is 1. The molecule has 472 valence electrons. The highest BCUT2D eigenvalue weighted by molar-refractivity contribution is 5.70. The number of hydrogen-bond donors (Lipinski definition) is 0. The van der Waals surface area contributed by atoms with Crippen LogP contribution in [0.1, 0.15) is 322 Å². The number of rotatable bonds is 64. The van der Waals surface area contributed by atoms with Gasteiger partial charge in [0.05, 0.1) is 40.3 Å². The minimum atomic E-state index is -1.63. The van der Waals surface area contributed by atoms with Crippen molar-refractivity contribution >= 4 is 17.9 Å². The van der Waals surface area contributed by atoms with Crippen LogP contribution in [0.2, 0.25) is 0 Å². The molecule has 81 heavy (non-hydrogen) atoms. The Balaban J connectivity index is 3.89. The van der Waals surface area contributed by atoms with E-state index in [1.54, 1.807) is 0 Å². The van der Waals surface area contributed by atoms with E-state index >= 15 is 0 Å². The highest BCUT2D eigenvalue weighted by Gasteiger charge is 2.22. The van der Waals surface area contributed by atoms with E-state index in [1.165, 1.54) is 212 Å². The van der Waals surface area contributed by atoms with E-state index in [0.29, 0.717) is 23.9 Å². The Hall–Kier alpha value is -3.01. The summed E-state index contributed by atoms with van der Waals surface area (Å²) in [4.78, 5) is 37.3. The topological polar surface area (TPSA) is 111 Å². The molecule has 0 saturated carbocycles. The van der Waals surface area contributed by atoms with Crippen molar-refractivity contribution < 1.29 is 42.9 Å². The quantitative estimate of drug-likeness (QED) is 0.0195. The molecular weight excluding hydrogens is 1010 g/mol. The molecular formula is C72H131NO8. The van der Waals surface area contributed by atoms with Gasteiger partial charge in [0.25, 0.3) is 0 Å². The van der Waals surface area contributed by atoms with Crippen LogP contribution in [-0.4, -0.2) is 82.3 Å². The molecule has 0 amide bonds. The van der Waals surface area contributed by atoms with E-state index in [-0.39, 0.29) is 32.2 Å². The smallest absolute Gasteiger partial charge is 0.306 e. The lowest BCUT2D eigenvalue weighted by Crippen LogP contribution is -2.44. The predicted molar refractivity (Wildman–Crippen MR) is 343 cm³/mol. The zero-order valence-electron chi connectivity index (χ0n) is 53.9. The molecule has 0 radical (unpaired) electrons. The monoisotopic (exact) mass is 1140 g/mol. The second-order valence-electron chi connectivity index (χ2n) is 24.4. The molecule has 9 nitrogen and oxygen atoms in total. The predicted octanol–water partition coefficient (Wildman–Crippen LogP) is 19.8. The van der Waals surface area contributed by atoms with Gasteiger partial charge in [-0.3, -0.25) is 9.59 Å². The number of carbonyl (C=O) groups is 3. The second kappa shape index (κ2) is 63.0. The maximum absolute atomic E-state index is 12.8. The molecule has 2 unspecified atom stereocenters. The average molecular weight is 1140 g/mol. The van der Waals surface area contributed by atoms with Crippen molar-refractivity contribution in [3.63, 3.8) is 0 Å². The number of hydrogen-bond acceptors (Lipinski definition) is 8. The molecule has 0 saturated heterocycles. The van der Waals surface area contributed by atoms with Crippen molar-refractivity contribution in [3.8, 4) is 0 Å². The first kappa shape index (κ1) is 78.0. The van der Waals surface area contributed by atoms with Crippen LogP contribution in [0.4, 0.5) is 0 Å². The highest BCUT2D eigenvalue weighted by atomic mass is 16.7. The molecule has 0 fully saturated rings. The van der Waals surface area contributed by atoms with Crippen molar-refractivity contribution in [2.45, 2.75) is 334 Å². The van der Waals surface area contributed by atoms with Gasteiger partial charge < -0.3 is 33.3 Å². The number of carboxylic acid groups (broad SMARTS) is 1. The number of unbranched alkanes of at least 4 members (excludes halogenated alkanes) is 39. The van der Waals surface area contributed by atoms with E-state index in [1.807, 2.05) is 21.1 Å². The van der Waals surface area contributed by atoms with Crippen LogP contribution in [0.5, 0.6) is 0 Å². The highest BCUT2D eigenvalue weighted by Crippen LogP contribution is 2.18.